The Morgan fingerprint density at radius 3 is 2.00 bits per heavy atom. The van der Waals surface area contributed by atoms with Crippen LogP contribution in [0.15, 0.2) is 0 Å². The van der Waals surface area contributed by atoms with Crippen LogP contribution in [0.1, 0.15) is 6.92 Å². The van der Waals surface area contributed by atoms with Crippen LogP contribution in [0, 0.1) is 0 Å². The quantitative estimate of drug-likeness (QED) is 0.634. The average Bonchev–Trinajstić information content (AvgIpc) is 2.11. The van der Waals surface area contributed by atoms with E-state index in [1.54, 1.807) is 6.92 Å². The first kappa shape index (κ1) is 14.8. The molecule has 1 atom stereocenters. The normalized spacial score (nSPS) is 15.5. The number of nitrogens with zero attached hydrogens (tertiary/aromatic N) is 1. The van der Waals surface area contributed by atoms with E-state index < -0.39 is 25.6 Å². The number of nitrogens with two attached hydrogens (primary N) is 1. The molecular formula is C7H18N2O4S2. The summed E-state index contributed by atoms with van der Waals surface area (Å²) in [5.41, 5.74) is 5.33. The second kappa shape index (κ2) is 5.24. The largest absolute Gasteiger partial charge is 0.329 e. The predicted octanol–water partition coefficient (Wildman–Crippen LogP) is -1.36. The number of hydrogen-bond donors (Lipinski definition) is 1. The van der Waals surface area contributed by atoms with Gasteiger partial charge >= 0.3 is 0 Å². The maximum absolute atomic E-state index is 11.6. The molecule has 0 fully saturated rings. The zero-order chi connectivity index (χ0) is 12.3. The molecule has 8 heteroatoms. The Labute approximate surface area is 91.4 Å². The number of likely N-dealkylation sites (N-methyl/N-ethyl adjacent to an activating group) is 1. The molecule has 0 aliphatic carbocycles. The lowest BCUT2D eigenvalue weighted by molar-refractivity contribution is 0.395. The monoisotopic (exact) mass is 258 g/mol. The molecule has 2 N–H and O–H groups in total. The SMILES string of the molecule is CC(CN)N(C)S(=O)(=O)CCS(C)(=O)=O. The van der Waals surface area contributed by atoms with Crippen LogP contribution < -0.4 is 5.73 Å². The Morgan fingerprint density at radius 2 is 1.67 bits per heavy atom. The highest BCUT2D eigenvalue weighted by molar-refractivity contribution is 7.93. The van der Waals surface area contributed by atoms with E-state index >= 15 is 0 Å². The van der Waals surface area contributed by atoms with Crippen molar-refractivity contribution < 1.29 is 16.8 Å². The molecule has 0 aromatic carbocycles. The highest BCUT2D eigenvalue weighted by atomic mass is 32.2. The van der Waals surface area contributed by atoms with E-state index in [9.17, 15) is 16.8 Å². The highest BCUT2D eigenvalue weighted by Gasteiger charge is 2.23. The fourth-order valence-corrected chi connectivity index (χ4v) is 3.80. The van der Waals surface area contributed by atoms with Crippen molar-refractivity contribution in [2.24, 2.45) is 5.73 Å². The highest BCUT2D eigenvalue weighted by Crippen LogP contribution is 2.04. The minimum atomic E-state index is -3.53. The number of rotatable bonds is 6. The molecular weight excluding hydrogens is 240 g/mol. The molecule has 0 aromatic rings. The molecule has 0 bridgehead atoms. The maximum atomic E-state index is 11.6. The minimum absolute atomic E-state index is 0.203. The third kappa shape index (κ3) is 5.45. The fourth-order valence-electron chi connectivity index (χ4n) is 0.823. The number of sulfonamides is 1. The van der Waals surface area contributed by atoms with Crippen molar-refractivity contribution in [3.63, 3.8) is 0 Å². The smallest absolute Gasteiger partial charge is 0.215 e. The molecule has 0 spiro atoms. The summed E-state index contributed by atoms with van der Waals surface area (Å²) in [6.45, 7) is 1.87. The van der Waals surface area contributed by atoms with Crippen molar-refractivity contribution in [1.82, 2.24) is 4.31 Å². The second-order valence-electron chi connectivity index (χ2n) is 3.55. The van der Waals surface area contributed by atoms with Gasteiger partial charge in [-0.1, -0.05) is 0 Å². The fraction of sp³-hybridized carbons (Fsp3) is 1.00. The van der Waals surface area contributed by atoms with Crippen LogP contribution >= 0.6 is 0 Å². The molecule has 92 valence electrons. The molecule has 0 radical (unpaired) electrons. The first-order valence-electron chi connectivity index (χ1n) is 4.43. The van der Waals surface area contributed by atoms with Gasteiger partial charge in [-0.05, 0) is 6.92 Å². The zero-order valence-corrected chi connectivity index (χ0v) is 10.8. The molecule has 0 saturated carbocycles. The van der Waals surface area contributed by atoms with E-state index in [0.29, 0.717) is 0 Å². The Balaban J connectivity index is 4.57. The van der Waals surface area contributed by atoms with Crippen molar-refractivity contribution in [3.05, 3.63) is 0 Å². The van der Waals surface area contributed by atoms with Crippen LogP contribution in [0.5, 0.6) is 0 Å². The first-order chi connectivity index (χ1) is 6.60. The topological polar surface area (TPSA) is 97.5 Å². The summed E-state index contributed by atoms with van der Waals surface area (Å²) in [5.74, 6) is -0.760. The molecule has 1 unspecified atom stereocenters. The Bertz CT molecular complexity index is 387. The lowest BCUT2D eigenvalue weighted by Crippen LogP contribution is -2.41. The molecule has 0 amide bonds. The standard InChI is InChI=1S/C7H18N2O4S2/c1-7(6-8)9(2)15(12,13)5-4-14(3,10)11/h7H,4-6,8H2,1-3H3. The van der Waals surface area contributed by atoms with E-state index in [4.69, 9.17) is 5.73 Å². The van der Waals surface area contributed by atoms with Gasteiger partial charge in [-0.25, -0.2) is 21.1 Å². The average molecular weight is 258 g/mol. The summed E-state index contributed by atoms with van der Waals surface area (Å²) in [6, 6.07) is -0.324. The number of hydrogen-bond acceptors (Lipinski definition) is 5. The van der Waals surface area contributed by atoms with Gasteiger partial charge in [0.1, 0.15) is 9.84 Å². The van der Waals surface area contributed by atoms with Gasteiger partial charge in [0.05, 0.1) is 11.5 Å². The van der Waals surface area contributed by atoms with Crippen LogP contribution in [0.25, 0.3) is 0 Å². The van der Waals surface area contributed by atoms with Crippen molar-refractivity contribution in [2.45, 2.75) is 13.0 Å². The van der Waals surface area contributed by atoms with Crippen LogP contribution in [0.4, 0.5) is 0 Å². The van der Waals surface area contributed by atoms with Gasteiger partial charge < -0.3 is 5.73 Å². The van der Waals surface area contributed by atoms with Gasteiger partial charge in [-0.15, -0.1) is 0 Å². The molecule has 0 aliphatic heterocycles. The van der Waals surface area contributed by atoms with E-state index in [1.807, 2.05) is 0 Å². The van der Waals surface area contributed by atoms with Crippen molar-refractivity contribution in [2.75, 3.05) is 31.4 Å². The third-order valence-corrected chi connectivity index (χ3v) is 5.27. The summed E-state index contributed by atoms with van der Waals surface area (Å²) < 4.78 is 45.9. The van der Waals surface area contributed by atoms with E-state index in [-0.39, 0.29) is 18.3 Å². The molecule has 0 heterocycles. The Hall–Kier alpha value is -0.180. The van der Waals surface area contributed by atoms with Gasteiger partial charge in [0, 0.05) is 25.9 Å². The van der Waals surface area contributed by atoms with Crippen molar-refractivity contribution >= 4 is 19.9 Å². The Morgan fingerprint density at radius 1 is 1.20 bits per heavy atom. The van der Waals surface area contributed by atoms with E-state index in [1.165, 1.54) is 7.05 Å². The molecule has 6 nitrogen and oxygen atoms in total. The summed E-state index contributed by atoms with van der Waals surface area (Å²) in [6.07, 6.45) is 1.01. The van der Waals surface area contributed by atoms with Gasteiger partial charge in [0.25, 0.3) is 0 Å². The third-order valence-electron chi connectivity index (χ3n) is 2.11. The van der Waals surface area contributed by atoms with E-state index in [2.05, 4.69) is 0 Å². The van der Waals surface area contributed by atoms with Crippen molar-refractivity contribution in [1.29, 1.82) is 0 Å². The summed E-state index contributed by atoms with van der Waals surface area (Å²) in [5, 5.41) is 0. The summed E-state index contributed by atoms with van der Waals surface area (Å²) in [4.78, 5) is 0. The van der Waals surface area contributed by atoms with Crippen LogP contribution in [-0.2, 0) is 19.9 Å². The Kier molecular flexibility index (Phi) is 5.18. The molecule has 0 aliphatic rings. The van der Waals surface area contributed by atoms with Gasteiger partial charge in [0.15, 0.2) is 0 Å². The molecule has 0 saturated heterocycles. The van der Waals surface area contributed by atoms with Crippen molar-refractivity contribution in [3.8, 4) is 0 Å². The van der Waals surface area contributed by atoms with Crippen LogP contribution in [0.2, 0.25) is 0 Å². The molecule has 15 heavy (non-hydrogen) atoms. The lowest BCUT2D eigenvalue weighted by Gasteiger charge is -2.22. The van der Waals surface area contributed by atoms with Gasteiger partial charge in [-0.2, -0.15) is 0 Å². The van der Waals surface area contributed by atoms with Crippen LogP contribution in [-0.4, -0.2) is 58.5 Å². The minimum Gasteiger partial charge on any atom is -0.329 e. The van der Waals surface area contributed by atoms with E-state index in [0.717, 1.165) is 10.6 Å². The van der Waals surface area contributed by atoms with Gasteiger partial charge in [0.2, 0.25) is 10.0 Å². The van der Waals surface area contributed by atoms with Crippen LogP contribution in [0.3, 0.4) is 0 Å². The molecule has 0 aromatic heterocycles. The second-order valence-corrected chi connectivity index (χ2v) is 7.95. The zero-order valence-electron chi connectivity index (χ0n) is 9.17. The lowest BCUT2D eigenvalue weighted by atomic mass is 10.4. The van der Waals surface area contributed by atoms with Gasteiger partial charge in [-0.3, -0.25) is 0 Å². The first-order valence-corrected chi connectivity index (χ1v) is 8.10. The predicted molar refractivity (Wildman–Crippen MR) is 59.8 cm³/mol. The number of sulfone groups is 1. The summed E-state index contributed by atoms with van der Waals surface area (Å²) >= 11 is 0. The molecule has 0 rings (SSSR count). The maximum Gasteiger partial charge on any atom is 0.215 e. The summed E-state index contributed by atoms with van der Waals surface area (Å²) in [7, 11) is -5.39.